The van der Waals surface area contributed by atoms with Gasteiger partial charge >= 0.3 is 0 Å². The summed E-state index contributed by atoms with van der Waals surface area (Å²) in [7, 11) is 0. The van der Waals surface area contributed by atoms with Crippen molar-refractivity contribution in [2.24, 2.45) is 0 Å². The Morgan fingerprint density at radius 1 is 1.48 bits per heavy atom. The zero-order chi connectivity index (χ0) is 16.2. The van der Waals surface area contributed by atoms with Gasteiger partial charge in [0.15, 0.2) is 5.16 Å². The van der Waals surface area contributed by atoms with E-state index >= 15 is 0 Å². The second-order valence-corrected chi connectivity index (χ2v) is 6.90. The first-order valence-corrected chi connectivity index (χ1v) is 9.30. The van der Waals surface area contributed by atoms with Crippen LogP contribution in [0.3, 0.4) is 0 Å². The molecule has 0 radical (unpaired) electrons. The van der Waals surface area contributed by atoms with Crippen LogP contribution in [0.15, 0.2) is 9.95 Å². The number of hydrogen-bond acceptors (Lipinski definition) is 5. The lowest BCUT2D eigenvalue weighted by Crippen LogP contribution is -2.32. The summed E-state index contributed by atoms with van der Waals surface area (Å²) in [6.45, 7) is 3.93. The molecule has 0 aromatic carbocycles. The molecule has 23 heavy (non-hydrogen) atoms. The summed E-state index contributed by atoms with van der Waals surface area (Å²) in [5.41, 5.74) is 1.90. The number of aromatic nitrogens is 2. The quantitative estimate of drug-likeness (QED) is 0.600. The Kier molecular flexibility index (Phi) is 5.38. The highest BCUT2D eigenvalue weighted by Crippen LogP contribution is 2.33. The monoisotopic (exact) mass is 337 g/mol. The Morgan fingerprint density at radius 3 is 3.17 bits per heavy atom. The fraction of sp³-hybridized carbons (Fsp3) is 0.688. The maximum absolute atomic E-state index is 12.6. The van der Waals surface area contributed by atoms with Gasteiger partial charge in [0.2, 0.25) is 5.91 Å². The van der Waals surface area contributed by atoms with Gasteiger partial charge in [-0.05, 0) is 32.6 Å². The van der Waals surface area contributed by atoms with E-state index in [2.05, 4.69) is 10.3 Å². The van der Waals surface area contributed by atoms with Gasteiger partial charge in [0.25, 0.3) is 5.56 Å². The number of fused-ring (bicyclic) bond motifs is 2. The van der Waals surface area contributed by atoms with Crippen LogP contribution in [0.5, 0.6) is 0 Å². The molecular weight excluding hydrogens is 314 g/mol. The fourth-order valence-electron chi connectivity index (χ4n) is 3.13. The smallest absolute Gasteiger partial charge is 0.257 e. The van der Waals surface area contributed by atoms with Gasteiger partial charge < -0.3 is 10.1 Å². The molecule has 2 heterocycles. The van der Waals surface area contributed by atoms with Crippen LogP contribution in [0.25, 0.3) is 0 Å². The Hall–Kier alpha value is -1.34. The maximum atomic E-state index is 12.6. The fourth-order valence-corrected chi connectivity index (χ4v) is 4.29. The zero-order valence-corrected chi connectivity index (χ0v) is 14.3. The highest BCUT2D eigenvalue weighted by Gasteiger charge is 2.30. The average molecular weight is 337 g/mol. The van der Waals surface area contributed by atoms with E-state index in [9.17, 15) is 9.59 Å². The van der Waals surface area contributed by atoms with Crippen LogP contribution < -0.4 is 10.9 Å². The molecular formula is C16H23N3O3S. The van der Waals surface area contributed by atoms with Crippen molar-refractivity contribution in [2.75, 3.05) is 25.5 Å². The maximum Gasteiger partial charge on any atom is 0.257 e. The first-order chi connectivity index (χ1) is 11.2. The molecule has 7 heteroatoms. The van der Waals surface area contributed by atoms with E-state index in [1.807, 2.05) is 6.92 Å². The summed E-state index contributed by atoms with van der Waals surface area (Å²) >= 11 is 1.58. The van der Waals surface area contributed by atoms with Crippen LogP contribution in [0.1, 0.15) is 43.5 Å². The SMILES string of the molecule is CCOCCCNC(=O)CC1CSc2nc3c(c(=O)n21)CCC3. The third kappa shape index (κ3) is 3.61. The van der Waals surface area contributed by atoms with E-state index in [0.717, 1.165) is 47.8 Å². The van der Waals surface area contributed by atoms with Gasteiger partial charge in [0, 0.05) is 37.5 Å². The van der Waals surface area contributed by atoms with Crippen molar-refractivity contribution in [1.82, 2.24) is 14.9 Å². The summed E-state index contributed by atoms with van der Waals surface area (Å²) in [5, 5.41) is 3.69. The van der Waals surface area contributed by atoms with Gasteiger partial charge in [-0.15, -0.1) is 0 Å². The van der Waals surface area contributed by atoms with E-state index in [0.29, 0.717) is 26.2 Å². The van der Waals surface area contributed by atoms with Crippen molar-refractivity contribution >= 4 is 17.7 Å². The standard InChI is InChI=1S/C16H23N3O3S/c1-2-22-8-4-7-17-14(20)9-11-10-23-16-18-13-6-3-5-12(13)15(21)19(11)16/h11H,2-10H2,1H3,(H,17,20). The Bertz CT molecular complexity index is 644. The van der Waals surface area contributed by atoms with Gasteiger partial charge in [-0.25, -0.2) is 4.98 Å². The predicted molar refractivity (Wildman–Crippen MR) is 89.0 cm³/mol. The molecule has 2 aliphatic rings. The molecule has 3 rings (SSSR count). The molecule has 0 fully saturated rings. The molecule has 126 valence electrons. The number of hydrogen-bond donors (Lipinski definition) is 1. The molecule has 1 unspecified atom stereocenters. The second kappa shape index (κ2) is 7.49. The van der Waals surface area contributed by atoms with Crippen molar-refractivity contribution in [3.05, 3.63) is 21.6 Å². The summed E-state index contributed by atoms with van der Waals surface area (Å²) in [4.78, 5) is 29.4. The average Bonchev–Trinajstić information content (AvgIpc) is 3.15. The van der Waals surface area contributed by atoms with Crippen LogP contribution in [0, 0.1) is 0 Å². The minimum Gasteiger partial charge on any atom is -0.382 e. The van der Waals surface area contributed by atoms with E-state index < -0.39 is 0 Å². The van der Waals surface area contributed by atoms with Gasteiger partial charge in [-0.1, -0.05) is 11.8 Å². The minimum atomic E-state index is -0.0761. The Balaban J connectivity index is 1.60. The third-order valence-electron chi connectivity index (χ3n) is 4.29. The number of carbonyl (C=O) groups is 1. The van der Waals surface area contributed by atoms with E-state index in [-0.39, 0.29) is 17.5 Å². The molecule has 6 nitrogen and oxygen atoms in total. The van der Waals surface area contributed by atoms with E-state index in [4.69, 9.17) is 4.74 Å². The number of nitrogens with one attached hydrogen (secondary N) is 1. The molecule has 1 aliphatic carbocycles. The summed E-state index contributed by atoms with van der Waals surface area (Å²) < 4.78 is 6.99. The first kappa shape index (κ1) is 16.5. The summed E-state index contributed by atoms with van der Waals surface area (Å²) in [5.74, 6) is 0.740. The molecule has 1 amide bonds. The van der Waals surface area contributed by atoms with Crippen LogP contribution in [0.4, 0.5) is 0 Å². The molecule has 0 saturated carbocycles. The molecule has 0 spiro atoms. The van der Waals surface area contributed by atoms with E-state index in [1.54, 1.807) is 16.3 Å². The van der Waals surface area contributed by atoms with Crippen molar-refractivity contribution in [3.8, 4) is 0 Å². The number of aryl methyl sites for hydroxylation is 1. The largest absolute Gasteiger partial charge is 0.382 e. The molecule has 0 bridgehead atoms. The van der Waals surface area contributed by atoms with Crippen LogP contribution in [0.2, 0.25) is 0 Å². The van der Waals surface area contributed by atoms with Crippen molar-refractivity contribution in [1.29, 1.82) is 0 Å². The molecule has 1 N–H and O–H groups in total. The number of ether oxygens (including phenoxy) is 1. The number of nitrogens with zero attached hydrogens (tertiary/aromatic N) is 2. The Morgan fingerprint density at radius 2 is 2.35 bits per heavy atom. The van der Waals surface area contributed by atoms with Gasteiger partial charge in [0.1, 0.15) is 0 Å². The van der Waals surface area contributed by atoms with Gasteiger partial charge in [-0.3, -0.25) is 14.2 Å². The first-order valence-electron chi connectivity index (χ1n) is 8.32. The second-order valence-electron chi connectivity index (χ2n) is 5.92. The number of rotatable bonds is 7. The molecule has 1 aromatic rings. The third-order valence-corrected chi connectivity index (χ3v) is 5.38. The van der Waals surface area contributed by atoms with E-state index in [1.165, 1.54) is 0 Å². The number of carbonyl (C=O) groups excluding carboxylic acids is 1. The zero-order valence-electron chi connectivity index (χ0n) is 13.5. The van der Waals surface area contributed by atoms with Crippen molar-refractivity contribution in [2.45, 2.75) is 50.2 Å². The topological polar surface area (TPSA) is 73.2 Å². The van der Waals surface area contributed by atoms with Gasteiger partial charge in [0.05, 0.1) is 11.7 Å². The normalized spacial score (nSPS) is 18.7. The molecule has 1 aromatic heterocycles. The molecule has 0 saturated heterocycles. The highest BCUT2D eigenvalue weighted by molar-refractivity contribution is 7.99. The van der Waals surface area contributed by atoms with Crippen molar-refractivity contribution in [3.63, 3.8) is 0 Å². The molecule has 1 aliphatic heterocycles. The predicted octanol–water partition coefficient (Wildman–Crippen LogP) is 1.31. The van der Waals surface area contributed by atoms with Crippen LogP contribution in [-0.2, 0) is 22.4 Å². The van der Waals surface area contributed by atoms with Crippen LogP contribution >= 0.6 is 11.8 Å². The van der Waals surface area contributed by atoms with Gasteiger partial charge in [-0.2, -0.15) is 0 Å². The summed E-state index contributed by atoms with van der Waals surface area (Å²) in [6.07, 6.45) is 3.89. The Labute approximate surface area is 140 Å². The summed E-state index contributed by atoms with van der Waals surface area (Å²) in [6, 6.07) is -0.0761. The lowest BCUT2D eigenvalue weighted by molar-refractivity contribution is -0.121. The van der Waals surface area contributed by atoms with Crippen LogP contribution in [-0.4, -0.2) is 41.0 Å². The number of amides is 1. The lowest BCUT2D eigenvalue weighted by atomic mass is 10.2. The minimum absolute atomic E-state index is 0.00709. The lowest BCUT2D eigenvalue weighted by Gasteiger charge is -2.14. The highest BCUT2D eigenvalue weighted by atomic mass is 32.2. The number of thioether (sulfide) groups is 1. The molecule has 1 atom stereocenters. The van der Waals surface area contributed by atoms with Crippen molar-refractivity contribution < 1.29 is 9.53 Å².